The molecule has 1 atom stereocenters. The van der Waals surface area contributed by atoms with Crippen molar-refractivity contribution in [2.75, 3.05) is 25.5 Å². The predicted molar refractivity (Wildman–Crippen MR) is 114 cm³/mol. The third-order valence-corrected chi connectivity index (χ3v) is 5.24. The maximum absolute atomic E-state index is 12.8. The molecular formula is C22H21BrN2O3. The van der Waals surface area contributed by atoms with E-state index in [2.05, 4.69) is 22.5 Å². The largest absolute Gasteiger partial charge is 0.507 e. The van der Waals surface area contributed by atoms with Crippen molar-refractivity contribution in [1.82, 2.24) is 4.90 Å². The number of aliphatic hydroxyl groups is 1. The van der Waals surface area contributed by atoms with Gasteiger partial charge < -0.3 is 14.9 Å². The van der Waals surface area contributed by atoms with E-state index in [1.54, 1.807) is 30.3 Å². The normalized spacial score (nSPS) is 18.4. The maximum Gasteiger partial charge on any atom is 0.295 e. The summed E-state index contributed by atoms with van der Waals surface area (Å²) < 4.78 is 0.854. The fraction of sp³-hybridized carbons (Fsp3) is 0.182. The molecule has 0 aliphatic carbocycles. The van der Waals surface area contributed by atoms with E-state index in [0.29, 0.717) is 5.56 Å². The van der Waals surface area contributed by atoms with Crippen LogP contribution in [0.15, 0.2) is 71.2 Å². The molecule has 28 heavy (non-hydrogen) atoms. The van der Waals surface area contributed by atoms with Crippen LogP contribution >= 0.6 is 15.9 Å². The quantitative estimate of drug-likeness (QED) is 0.328. The third kappa shape index (κ3) is 3.60. The van der Waals surface area contributed by atoms with Crippen LogP contribution in [0.3, 0.4) is 0 Å². The number of benzene rings is 2. The van der Waals surface area contributed by atoms with E-state index < -0.39 is 17.7 Å². The average molecular weight is 441 g/mol. The fourth-order valence-corrected chi connectivity index (χ4v) is 3.54. The highest BCUT2D eigenvalue weighted by molar-refractivity contribution is 9.10. The molecule has 1 saturated heterocycles. The first-order valence-corrected chi connectivity index (χ1v) is 9.57. The highest BCUT2D eigenvalue weighted by Crippen LogP contribution is 2.39. The average Bonchev–Trinajstić information content (AvgIpc) is 2.93. The van der Waals surface area contributed by atoms with Gasteiger partial charge in [0, 0.05) is 36.4 Å². The Balaban J connectivity index is 2.15. The van der Waals surface area contributed by atoms with Gasteiger partial charge >= 0.3 is 0 Å². The smallest absolute Gasteiger partial charge is 0.295 e. The number of halogens is 1. The summed E-state index contributed by atoms with van der Waals surface area (Å²) in [6.45, 7) is 3.90. The summed E-state index contributed by atoms with van der Waals surface area (Å²) in [4.78, 5) is 28.8. The van der Waals surface area contributed by atoms with E-state index in [1.807, 2.05) is 43.3 Å². The number of likely N-dealkylation sites (tertiary alicyclic amines) is 1. The zero-order valence-corrected chi connectivity index (χ0v) is 17.3. The Hall–Kier alpha value is -2.86. The summed E-state index contributed by atoms with van der Waals surface area (Å²) in [6.07, 6.45) is 1.58. The molecule has 1 aliphatic rings. The standard InChI is InChI=1S/C22H21BrN2O3/c1-4-13-25-19(14-7-11-17(12-8-14)24(2)3)18(21(27)22(25)28)20(26)15-5-9-16(23)10-6-15/h4-12,19,26H,1,13H2,2-3H3/t19-/m1/s1. The van der Waals surface area contributed by atoms with Gasteiger partial charge in [-0.3, -0.25) is 9.59 Å². The van der Waals surface area contributed by atoms with Crippen molar-refractivity contribution in [3.8, 4) is 0 Å². The Labute approximate surface area is 172 Å². The Kier molecular flexibility index (Phi) is 5.70. The van der Waals surface area contributed by atoms with Crippen LogP contribution in [0.25, 0.3) is 5.76 Å². The number of hydrogen-bond donors (Lipinski definition) is 1. The van der Waals surface area contributed by atoms with E-state index in [4.69, 9.17) is 0 Å². The number of carbonyl (C=O) groups excluding carboxylic acids is 2. The number of carbonyl (C=O) groups is 2. The number of ketones is 1. The molecule has 1 amide bonds. The molecule has 1 fully saturated rings. The lowest BCUT2D eigenvalue weighted by molar-refractivity contribution is -0.139. The number of Topliss-reactive ketones (excluding diaryl/α,β-unsaturated/α-hetero) is 1. The first-order valence-electron chi connectivity index (χ1n) is 8.77. The fourth-order valence-electron chi connectivity index (χ4n) is 3.27. The SMILES string of the molecule is C=CCN1C(=O)C(=O)C(=C(O)c2ccc(Br)cc2)[C@H]1c1ccc(N(C)C)cc1. The van der Waals surface area contributed by atoms with Crippen LogP contribution in [-0.2, 0) is 9.59 Å². The lowest BCUT2D eigenvalue weighted by Gasteiger charge is -2.24. The zero-order valence-electron chi connectivity index (χ0n) is 15.7. The molecule has 1 heterocycles. The van der Waals surface area contributed by atoms with Crippen LogP contribution in [0.2, 0.25) is 0 Å². The first kappa shape index (κ1) is 19.9. The molecule has 0 bridgehead atoms. The minimum absolute atomic E-state index is 0.0896. The molecule has 2 aromatic rings. The van der Waals surface area contributed by atoms with Crippen molar-refractivity contribution in [3.63, 3.8) is 0 Å². The molecule has 1 aliphatic heterocycles. The number of hydrogen-bond acceptors (Lipinski definition) is 4. The van der Waals surface area contributed by atoms with Gasteiger partial charge in [-0.25, -0.2) is 0 Å². The predicted octanol–water partition coefficient (Wildman–Crippen LogP) is 4.12. The van der Waals surface area contributed by atoms with Gasteiger partial charge in [0.05, 0.1) is 11.6 Å². The van der Waals surface area contributed by atoms with Crippen molar-refractivity contribution < 1.29 is 14.7 Å². The van der Waals surface area contributed by atoms with E-state index in [9.17, 15) is 14.7 Å². The van der Waals surface area contributed by atoms with Gasteiger partial charge in [0.2, 0.25) is 0 Å². The van der Waals surface area contributed by atoms with Gasteiger partial charge in [-0.1, -0.05) is 46.3 Å². The lowest BCUT2D eigenvalue weighted by Crippen LogP contribution is -2.29. The van der Waals surface area contributed by atoms with E-state index in [1.165, 1.54) is 4.90 Å². The van der Waals surface area contributed by atoms with Crippen LogP contribution in [0.5, 0.6) is 0 Å². The van der Waals surface area contributed by atoms with Crippen LogP contribution in [-0.4, -0.2) is 42.3 Å². The molecule has 5 nitrogen and oxygen atoms in total. The Morgan fingerprint density at radius 2 is 1.75 bits per heavy atom. The molecule has 0 unspecified atom stereocenters. The molecule has 144 valence electrons. The highest BCUT2D eigenvalue weighted by atomic mass is 79.9. The van der Waals surface area contributed by atoms with Crippen molar-refractivity contribution in [2.24, 2.45) is 0 Å². The molecular weight excluding hydrogens is 420 g/mol. The minimum atomic E-state index is -0.691. The second-order valence-electron chi connectivity index (χ2n) is 6.73. The van der Waals surface area contributed by atoms with Crippen molar-refractivity contribution in [3.05, 3.63) is 82.4 Å². The Morgan fingerprint density at radius 3 is 2.29 bits per heavy atom. The molecule has 0 aromatic heterocycles. The molecule has 2 aromatic carbocycles. The number of aliphatic hydroxyl groups excluding tert-OH is 1. The monoisotopic (exact) mass is 440 g/mol. The molecule has 0 spiro atoms. The summed E-state index contributed by atoms with van der Waals surface area (Å²) in [6, 6.07) is 13.9. The minimum Gasteiger partial charge on any atom is -0.507 e. The van der Waals surface area contributed by atoms with Gasteiger partial charge in [0.25, 0.3) is 11.7 Å². The van der Waals surface area contributed by atoms with Gasteiger partial charge in [0.1, 0.15) is 5.76 Å². The summed E-state index contributed by atoms with van der Waals surface area (Å²) in [5.74, 6) is -1.51. The lowest BCUT2D eigenvalue weighted by atomic mass is 9.95. The van der Waals surface area contributed by atoms with Crippen LogP contribution in [0.1, 0.15) is 17.2 Å². The maximum atomic E-state index is 12.8. The van der Waals surface area contributed by atoms with Crippen molar-refractivity contribution in [2.45, 2.75) is 6.04 Å². The summed E-state index contributed by atoms with van der Waals surface area (Å²) in [5.41, 5.74) is 2.32. The summed E-state index contributed by atoms with van der Waals surface area (Å²) >= 11 is 3.35. The molecule has 6 heteroatoms. The van der Waals surface area contributed by atoms with E-state index in [0.717, 1.165) is 15.7 Å². The third-order valence-electron chi connectivity index (χ3n) is 4.71. The zero-order chi connectivity index (χ0) is 20.4. The second-order valence-corrected chi connectivity index (χ2v) is 7.65. The van der Waals surface area contributed by atoms with Crippen LogP contribution < -0.4 is 4.90 Å². The van der Waals surface area contributed by atoms with Crippen molar-refractivity contribution >= 4 is 39.1 Å². The number of anilines is 1. The second kappa shape index (κ2) is 8.02. The van der Waals surface area contributed by atoms with E-state index in [-0.39, 0.29) is 17.9 Å². The number of rotatable bonds is 5. The van der Waals surface area contributed by atoms with Crippen LogP contribution in [0.4, 0.5) is 5.69 Å². The van der Waals surface area contributed by atoms with Gasteiger partial charge in [-0.05, 0) is 29.8 Å². The number of nitrogens with zero attached hydrogens (tertiary/aromatic N) is 2. The first-order chi connectivity index (χ1) is 13.3. The Bertz CT molecular complexity index is 947. The van der Waals surface area contributed by atoms with Gasteiger partial charge in [0.15, 0.2) is 0 Å². The highest BCUT2D eigenvalue weighted by Gasteiger charge is 2.45. The molecule has 0 saturated carbocycles. The van der Waals surface area contributed by atoms with E-state index >= 15 is 0 Å². The molecule has 1 N–H and O–H groups in total. The molecule has 0 radical (unpaired) electrons. The van der Waals surface area contributed by atoms with Gasteiger partial charge in [-0.15, -0.1) is 6.58 Å². The summed E-state index contributed by atoms with van der Waals surface area (Å²) in [5, 5.41) is 10.9. The Morgan fingerprint density at radius 1 is 1.14 bits per heavy atom. The topological polar surface area (TPSA) is 60.9 Å². The summed E-state index contributed by atoms with van der Waals surface area (Å²) in [7, 11) is 3.87. The van der Waals surface area contributed by atoms with Crippen LogP contribution in [0, 0.1) is 0 Å². The number of amides is 1. The molecule has 3 rings (SSSR count). The van der Waals surface area contributed by atoms with Crippen molar-refractivity contribution in [1.29, 1.82) is 0 Å². The van der Waals surface area contributed by atoms with Gasteiger partial charge in [-0.2, -0.15) is 0 Å².